The molecule has 3 nitrogen and oxygen atoms in total. The van der Waals surface area contributed by atoms with E-state index < -0.39 is 0 Å². The maximum Gasteiger partial charge on any atom is 0.338 e. The van der Waals surface area contributed by atoms with Crippen LogP contribution in [0.15, 0.2) is 30.3 Å². The summed E-state index contributed by atoms with van der Waals surface area (Å²) < 4.78 is 5.28. The molecule has 0 aliphatic heterocycles. The SMILES string of the molecule is CC[C@H](COC(=O)c1ccccc1)NC(C)C. The molecule has 1 atom stereocenters. The van der Waals surface area contributed by atoms with E-state index in [0.717, 1.165) is 6.42 Å². The van der Waals surface area contributed by atoms with Gasteiger partial charge in [0.25, 0.3) is 0 Å². The first kappa shape index (κ1) is 13.7. The molecule has 0 bridgehead atoms. The van der Waals surface area contributed by atoms with E-state index in [1.54, 1.807) is 12.1 Å². The highest BCUT2D eigenvalue weighted by atomic mass is 16.5. The van der Waals surface area contributed by atoms with E-state index in [-0.39, 0.29) is 12.0 Å². The molecule has 0 aromatic heterocycles. The van der Waals surface area contributed by atoms with E-state index in [1.807, 2.05) is 18.2 Å². The van der Waals surface area contributed by atoms with Crippen molar-refractivity contribution in [2.75, 3.05) is 6.61 Å². The van der Waals surface area contributed by atoms with Gasteiger partial charge in [0.2, 0.25) is 0 Å². The van der Waals surface area contributed by atoms with Crippen LogP contribution in [0.5, 0.6) is 0 Å². The number of benzene rings is 1. The Labute approximate surface area is 103 Å². The number of carbonyl (C=O) groups excluding carboxylic acids is 1. The number of nitrogens with one attached hydrogen (secondary N) is 1. The first-order chi connectivity index (χ1) is 8.13. The minimum atomic E-state index is -0.255. The number of hydrogen-bond donors (Lipinski definition) is 1. The summed E-state index contributed by atoms with van der Waals surface area (Å²) in [6.45, 7) is 6.67. The third kappa shape index (κ3) is 5.00. The van der Waals surface area contributed by atoms with E-state index in [0.29, 0.717) is 18.2 Å². The van der Waals surface area contributed by atoms with Gasteiger partial charge in [-0.05, 0) is 18.6 Å². The Morgan fingerprint density at radius 1 is 1.29 bits per heavy atom. The molecule has 1 aromatic carbocycles. The molecule has 0 aliphatic carbocycles. The molecule has 0 amide bonds. The first-order valence-electron chi connectivity index (χ1n) is 6.11. The molecular formula is C14H21NO2. The Balaban J connectivity index is 2.42. The lowest BCUT2D eigenvalue weighted by Crippen LogP contribution is -2.38. The molecular weight excluding hydrogens is 214 g/mol. The first-order valence-corrected chi connectivity index (χ1v) is 6.11. The Kier molecular flexibility index (Phi) is 5.70. The Hall–Kier alpha value is -1.35. The van der Waals surface area contributed by atoms with Crippen molar-refractivity contribution in [2.24, 2.45) is 0 Å². The molecule has 0 fully saturated rings. The summed E-state index contributed by atoms with van der Waals surface area (Å²) in [7, 11) is 0. The molecule has 0 heterocycles. The summed E-state index contributed by atoms with van der Waals surface area (Å²) >= 11 is 0. The highest BCUT2D eigenvalue weighted by molar-refractivity contribution is 5.89. The molecule has 1 N–H and O–H groups in total. The van der Waals surface area contributed by atoms with Gasteiger partial charge in [0.15, 0.2) is 0 Å². The normalized spacial score (nSPS) is 12.5. The van der Waals surface area contributed by atoms with Crippen molar-refractivity contribution in [1.82, 2.24) is 5.32 Å². The zero-order chi connectivity index (χ0) is 12.7. The van der Waals surface area contributed by atoms with E-state index in [9.17, 15) is 4.79 Å². The predicted molar refractivity (Wildman–Crippen MR) is 69.1 cm³/mol. The van der Waals surface area contributed by atoms with Crippen LogP contribution in [0, 0.1) is 0 Å². The molecule has 94 valence electrons. The van der Waals surface area contributed by atoms with Crippen molar-refractivity contribution in [3.05, 3.63) is 35.9 Å². The molecule has 3 heteroatoms. The van der Waals surface area contributed by atoms with Crippen LogP contribution in [-0.2, 0) is 4.74 Å². The van der Waals surface area contributed by atoms with E-state index in [2.05, 4.69) is 26.1 Å². The second kappa shape index (κ2) is 7.07. The van der Waals surface area contributed by atoms with Gasteiger partial charge in [-0.2, -0.15) is 0 Å². The van der Waals surface area contributed by atoms with Gasteiger partial charge in [0.1, 0.15) is 6.61 Å². The lowest BCUT2D eigenvalue weighted by atomic mass is 10.2. The van der Waals surface area contributed by atoms with Gasteiger partial charge in [0.05, 0.1) is 5.56 Å². The summed E-state index contributed by atoms with van der Waals surface area (Å²) in [5, 5.41) is 3.36. The predicted octanol–water partition coefficient (Wildman–Crippen LogP) is 2.62. The van der Waals surface area contributed by atoms with Crippen LogP contribution in [0.3, 0.4) is 0 Å². The summed E-state index contributed by atoms with van der Waals surface area (Å²) in [5.41, 5.74) is 0.604. The smallest absolute Gasteiger partial charge is 0.338 e. The minimum absolute atomic E-state index is 0.225. The molecule has 0 radical (unpaired) electrons. The third-order valence-electron chi connectivity index (χ3n) is 2.49. The Bertz CT molecular complexity index is 335. The largest absolute Gasteiger partial charge is 0.460 e. The van der Waals surface area contributed by atoms with Crippen LogP contribution in [0.1, 0.15) is 37.6 Å². The molecule has 0 aliphatic rings. The van der Waals surface area contributed by atoms with Crippen molar-refractivity contribution in [3.63, 3.8) is 0 Å². The average molecular weight is 235 g/mol. The summed E-state index contributed by atoms with van der Waals surface area (Å²) in [6, 6.07) is 9.70. The van der Waals surface area contributed by atoms with E-state index in [4.69, 9.17) is 4.74 Å². The Morgan fingerprint density at radius 3 is 2.47 bits per heavy atom. The summed E-state index contributed by atoms with van der Waals surface area (Å²) in [6.07, 6.45) is 0.945. The van der Waals surface area contributed by atoms with Crippen molar-refractivity contribution < 1.29 is 9.53 Å². The van der Waals surface area contributed by atoms with Crippen molar-refractivity contribution in [1.29, 1.82) is 0 Å². The molecule has 17 heavy (non-hydrogen) atoms. The minimum Gasteiger partial charge on any atom is -0.460 e. The van der Waals surface area contributed by atoms with Gasteiger partial charge in [-0.25, -0.2) is 4.79 Å². The monoisotopic (exact) mass is 235 g/mol. The quantitative estimate of drug-likeness (QED) is 0.770. The molecule has 0 spiro atoms. The molecule has 1 aromatic rings. The molecule has 1 rings (SSSR count). The van der Waals surface area contributed by atoms with Gasteiger partial charge >= 0.3 is 5.97 Å². The highest BCUT2D eigenvalue weighted by Gasteiger charge is 2.11. The van der Waals surface area contributed by atoms with Crippen LogP contribution in [0.25, 0.3) is 0 Å². The number of rotatable bonds is 6. The maximum atomic E-state index is 11.7. The fraction of sp³-hybridized carbons (Fsp3) is 0.500. The van der Waals surface area contributed by atoms with Gasteiger partial charge < -0.3 is 10.1 Å². The lowest BCUT2D eigenvalue weighted by Gasteiger charge is -2.19. The van der Waals surface area contributed by atoms with Gasteiger partial charge in [0, 0.05) is 12.1 Å². The average Bonchev–Trinajstić information content (AvgIpc) is 2.34. The number of esters is 1. The van der Waals surface area contributed by atoms with Crippen molar-refractivity contribution >= 4 is 5.97 Å². The van der Waals surface area contributed by atoms with Crippen LogP contribution >= 0.6 is 0 Å². The number of carbonyl (C=O) groups is 1. The zero-order valence-corrected chi connectivity index (χ0v) is 10.8. The Morgan fingerprint density at radius 2 is 1.94 bits per heavy atom. The van der Waals surface area contributed by atoms with Crippen LogP contribution in [0.2, 0.25) is 0 Å². The zero-order valence-electron chi connectivity index (χ0n) is 10.8. The number of hydrogen-bond acceptors (Lipinski definition) is 3. The van der Waals surface area contributed by atoms with Crippen LogP contribution in [0.4, 0.5) is 0 Å². The molecule has 0 unspecified atom stereocenters. The second-order valence-corrected chi connectivity index (χ2v) is 4.39. The van der Waals surface area contributed by atoms with Gasteiger partial charge in [-0.3, -0.25) is 0 Å². The second-order valence-electron chi connectivity index (χ2n) is 4.39. The standard InChI is InChI=1S/C14H21NO2/c1-4-13(15-11(2)3)10-17-14(16)12-8-6-5-7-9-12/h5-9,11,13,15H,4,10H2,1-3H3/t13-/m1/s1. The topological polar surface area (TPSA) is 38.3 Å². The third-order valence-corrected chi connectivity index (χ3v) is 2.49. The van der Waals surface area contributed by atoms with E-state index in [1.165, 1.54) is 0 Å². The van der Waals surface area contributed by atoms with Crippen molar-refractivity contribution in [3.8, 4) is 0 Å². The fourth-order valence-corrected chi connectivity index (χ4v) is 1.59. The van der Waals surface area contributed by atoms with Crippen LogP contribution < -0.4 is 5.32 Å². The summed E-state index contributed by atoms with van der Waals surface area (Å²) in [5.74, 6) is -0.255. The molecule has 0 saturated heterocycles. The number of ether oxygens (including phenoxy) is 1. The lowest BCUT2D eigenvalue weighted by molar-refractivity contribution is 0.0458. The summed E-state index contributed by atoms with van der Waals surface area (Å²) in [4.78, 5) is 11.7. The molecule has 0 saturated carbocycles. The van der Waals surface area contributed by atoms with Gasteiger partial charge in [-0.15, -0.1) is 0 Å². The fourth-order valence-electron chi connectivity index (χ4n) is 1.59. The van der Waals surface area contributed by atoms with Crippen molar-refractivity contribution in [2.45, 2.75) is 39.3 Å². The highest BCUT2D eigenvalue weighted by Crippen LogP contribution is 2.03. The van der Waals surface area contributed by atoms with E-state index >= 15 is 0 Å². The van der Waals surface area contributed by atoms with Gasteiger partial charge in [-0.1, -0.05) is 39.0 Å². The maximum absolute atomic E-state index is 11.7. The van der Waals surface area contributed by atoms with Crippen LogP contribution in [-0.4, -0.2) is 24.7 Å².